The quantitative estimate of drug-likeness (QED) is 0.761. The van der Waals surface area contributed by atoms with Gasteiger partial charge in [0.05, 0.1) is 25.0 Å². The molecule has 1 aromatic carbocycles. The molecule has 22 heavy (non-hydrogen) atoms. The molecular formula is C16H19N3O3. The molecule has 2 rings (SSSR count). The van der Waals surface area contributed by atoms with Gasteiger partial charge in [-0.3, -0.25) is 4.79 Å². The van der Waals surface area contributed by atoms with Gasteiger partial charge in [0.1, 0.15) is 0 Å². The molecule has 0 fully saturated rings. The Bertz CT molecular complexity index is 638. The third-order valence-electron chi connectivity index (χ3n) is 3.34. The normalized spacial score (nSPS) is 11.7. The van der Waals surface area contributed by atoms with Gasteiger partial charge in [-0.25, -0.2) is 4.79 Å². The molecule has 0 aliphatic heterocycles. The molecule has 1 heterocycles. The number of aryl methyl sites for hydroxylation is 1. The van der Waals surface area contributed by atoms with Crippen molar-refractivity contribution in [2.24, 2.45) is 5.73 Å². The predicted molar refractivity (Wildman–Crippen MR) is 81.8 cm³/mol. The highest BCUT2D eigenvalue weighted by Gasteiger charge is 2.18. The number of hydrogen-bond acceptors (Lipinski definition) is 3. The van der Waals surface area contributed by atoms with Gasteiger partial charge in [-0.15, -0.1) is 0 Å². The summed E-state index contributed by atoms with van der Waals surface area (Å²) in [6.45, 7) is 2.31. The molecule has 0 bridgehead atoms. The first-order chi connectivity index (χ1) is 10.6. The fourth-order valence-electron chi connectivity index (χ4n) is 2.24. The first-order valence-corrected chi connectivity index (χ1v) is 6.95. The summed E-state index contributed by atoms with van der Waals surface area (Å²) in [5, 5.41) is 5.41. The number of urea groups is 1. The number of amides is 3. The lowest BCUT2D eigenvalue weighted by Gasteiger charge is -2.19. The smallest absolute Gasteiger partial charge is 0.312 e. The zero-order chi connectivity index (χ0) is 15.9. The standard InChI is InChI=1S/C16H19N3O3/c1-11-4-2-3-5-13(11)14(19-16(17)21)8-15(20)18-9-12-6-7-22-10-12/h2-7,10,14H,8-9H2,1H3,(H,18,20)(H3,17,19,21)/t14-/m1/s1. The summed E-state index contributed by atoms with van der Waals surface area (Å²) in [5.41, 5.74) is 7.96. The Morgan fingerprint density at radius 3 is 2.68 bits per heavy atom. The van der Waals surface area contributed by atoms with E-state index in [1.54, 1.807) is 18.6 Å². The highest BCUT2D eigenvalue weighted by atomic mass is 16.3. The van der Waals surface area contributed by atoms with Gasteiger partial charge in [0, 0.05) is 12.1 Å². The predicted octanol–water partition coefficient (Wildman–Crippen LogP) is 2.00. The Labute approximate surface area is 128 Å². The van der Waals surface area contributed by atoms with Crippen molar-refractivity contribution in [3.8, 4) is 0 Å². The van der Waals surface area contributed by atoms with E-state index in [1.807, 2.05) is 31.2 Å². The summed E-state index contributed by atoms with van der Waals surface area (Å²) >= 11 is 0. The fourth-order valence-corrected chi connectivity index (χ4v) is 2.24. The summed E-state index contributed by atoms with van der Waals surface area (Å²) in [6, 6.07) is 8.23. The molecule has 0 spiro atoms. The molecule has 0 saturated carbocycles. The average Bonchev–Trinajstić information content (AvgIpc) is 2.98. The van der Waals surface area contributed by atoms with Crippen LogP contribution >= 0.6 is 0 Å². The zero-order valence-corrected chi connectivity index (χ0v) is 12.3. The minimum absolute atomic E-state index is 0.117. The molecule has 6 nitrogen and oxygen atoms in total. The molecule has 0 aliphatic carbocycles. The van der Waals surface area contributed by atoms with Crippen molar-refractivity contribution >= 4 is 11.9 Å². The maximum absolute atomic E-state index is 12.1. The SMILES string of the molecule is Cc1ccccc1[C@@H](CC(=O)NCc1ccoc1)NC(N)=O. The van der Waals surface area contributed by atoms with Crippen LogP contribution in [-0.2, 0) is 11.3 Å². The lowest BCUT2D eigenvalue weighted by molar-refractivity contribution is -0.121. The summed E-state index contributed by atoms with van der Waals surface area (Å²) in [4.78, 5) is 23.3. The molecule has 0 radical (unpaired) electrons. The molecule has 4 N–H and O–H groups in total. The molecule has 0 aliphatic rings. The van der Waals surface area contributed by atoms with Crippen molar-refractivity contribution in [1.82, 2.24) is 10.6 Å². The van der Waals surface area contributed by atoms with Gasteiger partial charge in [-0.2, -0.15) is 0 Å². The summed E-state index contributed by atoms with van der Waals surface area (Å²) in [7, 11) is 0. The van der Waals surface area contributed by atoms with Crippen LogP contribution in [0.2, 0.25) is 0 Å². The van der Waals surface area contributed by atoms with Crippen molar-refractivity contribution < 1.29 is 14.0 Å². The van der Waals surface area contributed by atoms with E-state index >= 15 is 0 Å². The zero-order valence-electron chi connectivity index (χ0n) is 12.3. The van der Waals surface area contributed by atoms with E-state index in [4.69, 9.17) is 10.2 Å². The molecular weight excluding hydrogens is 282 g/mol. The second-order valence-electron chi connectivity index (χ2n) is 5.03. The van der Waals surface area contributed by atoms with Crippen molar-refractivity contribution in [1.29, 1.82) is 0 Å². The number of furan rings is 1. The minimum Gasteiger partial charge on any atom is -0.472 e. The van der Waals surface area contributed by atoms with E-state index in [9.17, 15) is 9.59 Å². The number of carbonyl (C=O) groups is 2. The molecule has 1 atom stereocenters. The van der Waals surface area contributed by atoms with Crippen LogP contribution < -0.4 is 16.4 Å². The van der Waals surface area contributed by atoms with E-state index in [2.05, 4.69) is 10.6 Å². The van der Waals surface area contributed by atoms with E-state index < -0.39 is 12.1 Å². The Morgan fingerprint density at radius 1 is 1.27 bits per heavy atom. The second kappa shape index (κ2) is 7.31. The highest BCUT2D eigenvalue weighted by molar-refractivity contribution is 5.78. The van der Waals surface area contributed by atoms with Gasteiger partial charge in [0.2, 0.25) is 5.91 Å². The number of rotatable bonds is 6. The van der Waals surface area contributed by atoms with Gasteiger partial charge >= 0.3 is 6.03 Å². The summed E-state index contributed by atoms with van der Waals surface area (Å²) in [6.07, 6.45) is 3.23. The van der Waals surface area contributed by atoms with Crippen LogP contribution in [0.3, 0.4) is 0 Å². The van der Waals surface area contributed by atoms with Crippen LogP contribution in [0.25, 0.3) is 0 Å². The highest BCUT2D eigenvalue weighted by Crippen LogP contribution is 2.20. The molecule has 3 amide bonds. The van der Waals surface area contributed by atoms with Crippen LogP contribution in [0, 0.1) is 6.92 Å². The average molecular weight is 301 g/mol. The van der Waals surface area contributed by atoms with Gasteiger partial charge in [-0.1, -0.05) is 24.3 Å². The van der Waals surface area contributed by atoms with Gasteiger partial charge < -0.3 is 20.8 Å². The number of nitrogens with one attached hydrogen (secondary N) is 2. The largest absolute Gasteiger partial charge is 0.472 e. The number of carbonyl (C=O) groups excluding carboxylic acids is 2. The molecule has 0 saturated heterocycles. The summed E-state index contributed by atoms with van der Waals surface area (Å²) in [5.74, 6) is -0.178. The minimum atomic E-state index is -0.657. The maximum atomic E-state index is 12.1. The molecule has 1 aromatic heterocycles. The maximum Gasteiger partial charge on any atom is 0.312 e. The molecule has 116 valence electrons. The Kier molecular flexibility index (Phi) is 5.19. The first-order valence-electron chi connectivity index (χ1n) is 6.95. The fraction of sp³-hybridized carbons (Fsp3) is 0.250. The van der Waals surface area contributed by atoms with Gasteiger partial charge in [0.25, 0.3) is 0 Å². The Balaban J connectivity index is 2.01. The number of benzene rings is 1. The van der Waals surface area contributed by atoms with Crippen LogP contribution in [0.15, 0.2) is 47.3 Å². The monoisotopic (exact) mass is 301 g/mol. The summed E-state index contributed by atoms with van der Waals surface area (Å²) < 4.78 is 4.94. The number of nitrogens with two attached hydrogens (primary N) is 1. The number of primary amides is 1. The Morgan fingerprint density at radius 2 is 2.05 bits per heavy atom. The van der Waals surface area contributed by atoms with Crippen LogP contribution in [0.4, 0.5) is 4.79 Å². The third kappa shape index (κ3) is 4.37. The van der Waals surface area contributed by atoms with Crippen LogP contribution in [0.1, 0.15) is 29.2 Å². The Hall–Kier alpha value is -2.76. The van der Waals surface area contributed by atoms with Crippen molar-refractivity contribution in [2.45, 2.75) is 25.9 Å². The van der Waals surface area contributed by atoms with Crippen molar-refractivity contribution in [3.05, 3.63) is 59.5 Å². The van der Waals surface area contributed by atoms with Crippen LogP contribution in [0.5, 0.6) is 0 Å². The van der Waals surface area contributed by atoms with E-state index in [0.29, 0.717) is 6.54 Å². The van der Waals surface area contributed by atoms with Gasteiger partial charge in [-0.05, 0) is 24.1 Å². The van der Waals surface area contributed by atoms with E-state index in [-0.39, 0.29) is 12.3 Å². The molecule has 0 unspecified atom stereocenters. The van der Waals surface area contributed by atoms with E-state index in [0.717, 1.165) is 16.7 Å². The second-order valence-corrected chi connectivity index (χ2v) is 5.03. The van der Waals surface area contributed by atoms with Gasteiger partial charge in [0.15, 0.2) is 0 Å². The van der Waals surface area contributed by atoms with E-state index in [1.165, 1.54) is 0 Å². The lowest BCUT2D eigenvalue weighted by Crippen LogP contribution is -2.36. The van der Waals surface area contributed by atoms with Crippen LogP contribution in [-0.4, -0.2) is 11.9 Å². The topological polar surface area (TPSA) is 97.4 Å². The van der Waals surface area contributed by atoms with Crippen molar-refractivity contribution in [2.75, 3.05) is 0 Å². The first kappa shape index (κ1) is 15.6. The third-order valence-corrected chi connectivity index (χ3v) is 3.34. The number of hydrogen-bond donors (Lipinski definition) is 3. The molecule has 2 aromatic rings. The lowest BCUT2D eigenvalue weighted by atomic mass is 9.98. The molecule has 6 heteroatoms. The van der Waals surface area contributed by atoms with Crippen molar-refractivity contribution in [3.63, 3.8) is 0 Å².